The number of rotatable bonds is 5. The molecule has 1 amide bonds. The minimum absolute atomic E-state index is 0.0333. The first-order valence-corrected chi connectivity index (χ1v) is 12.3. The second-order valence-corrected chi connectivity index (χ2v) is 10.0. The molecule has 5 rings (SSSR count). The first kappa shape index (κ1) is 22.9. The fourth-order valence-corrected chi connectivity index (χ4v) is 5.97. The van der Waals surface area contributed by atoms with Gasteiger partial charge in [0, 0.05) is 54.6 Å². The maximum atomic E-state index is 15.2. The highest BCUT2D eigenvalue weighted by atomic mass is 32.1. The number of thiophene rings is 1. The van der Waals surface area contributed by atoms with E-state index in [4.69, 9.17) is 15.5 Å². The van der Waals surface area contributed by atoms with E-state index < -0.39 is 0 Å². The van der Waals surface area contributed by atoms with Crippen molar-refractivity contribution >= 4 is 39.0 Å². The summed E-state index contributed by atoms with van der Waals surface area (Å²) < 4.78 is 20.7. The van der Waals surface area contributed by atoms with Crippen LogP contribution in [0.3, 0.4) is 0 Å². The molecule has 0 spiro atoms. The first-order valence-electron chi connectivity index (χ1n) is 11.5. The molecule has 1 fully saturated rings. The summed E-state index contributed by atoms with van der Waals surface area (Å²) in [5.41, 5.74) is 8.90. The first-order chi connectivity index (χ1) is 16.4. The largest absolute Gasteiger partial charge is 0.397 e. The van der Waals surface area contributed by atoms with Gasteiger partial charge in [-0.3, -0.25) is 4.79 Å². The summed E-state index contributed by atoms with van der Waals surface area (Å²) in [6.45, 7) is 3.28. The summed E-state index contributed by atoms with van der Waals surface area (Å²) in [7, 11) is 3.59. The van der Waals surface area contributed by atoms with Gasteiger partial charge >= 0.3 is 0 Å². The number of anilines is 2. The van der Waals surface area contributed by atoms with Crippen LogP contribution in [0.2, 0.25) is 0 Å². The van der Waals surface area contributed by atoms with E-state index >= 15 is 4.39 Å². The zero-order valence-electron chi connectivity index (χ0n) is 19.5. The van der Waals surface area contributed by atoms with Crippen LogP contribution in [0.25, 0.3) is 10.2 Å². The summed E-state index contributed by atoms with van der Waals surface area (Å²) in [5.74, 6) is 0.124. The third-order valence-electron chi connectivity index (χ3n) is 6.86. The predicted octanol–water partition coefficient (Wildman–Crippen LogP) is 2.43. The van der Waals surface area contributed by atoms with Gasteiger partial charge in [0.05, 0.1) is 17.8 Å². The van der Waals surface area contributed by atoms with Crippen molar-refractivity contribution in [3.63, 3.8) is 0 Å². The number of hydrogen-bond donors (Lipinski definition) is 3. The average Bonchev–Trinajstić information content (AvgIpc) is 3.40. The van der Waals surface area contributed by atoms with Crippen molar-refractivity contribution in [1.82, 2.24) is 20.6 Å². The smallest absolute Gasteiger partial charge is 0.263 e. The van der Waals surface area contributed by atoms with Gasteiger partial charge in [0.15, 0.2) is 0 Å². The predicted molar refractivity (Wildman–Crippen MR) is 132 cm³/mol. The second kappa shape index (κ2) is 9.09. The van der Waals surface area contributed by atoms with Crippen molar-refractivity contribution in [2.24, 2.45) is 0 Å². The lowest BCUT2D eigenvalue weighted by Gasteiger charge is -2.27. The summed E-state index contributed by atoms with van der Waals surface area (Å²) in [6.07, 6.45) is 1.73. The molecule has 1 aliphatic heterocycles. The van der Waals surface area contributed by atoms with Crippen LogP contribution in [0.5, 0.6) is 0 Å². The van der Waals surface area contributed by atoms with Gasteiger partial charge in [0.25, 0.3) is 5.91 Å². The van der Waals surface area contributed by atoms with Crippen LogP contribution in [0.4, 0.5) is 15.9 Å². The second-order valence-electron chi connectivity index (χ2n) is 9.03. The number of hydrogen-bond acceptors (Lipinski definition) is 8. The number of halogens is 1. The molecular formula is C24H29FN6O2S. The van der Waals surface area contributed by atoms with Gasteiger partial charge in [0.1, 0.15) is 21.3 Å². The van der Waals surface area contributed by atoms with E-state index in [0.717, 1.165) is 21.6 Å². The number of aryl methyl sites for hydroxylation is 2. The highest BCUT2D eigenvalue weighted by Gasteiger charge is 2.34. The molecule has 1 saturated heterocycles. The molecule has 3 atom stereocenters. The number of nitrogens with two attached hydrogens (primary N) is 1. The molecule has 3 aromatic heterocycles. The maximum Gasteiger partial charge on any atom is 0.263 e. The molecule has 3 unspecified atom stereocenters. The van der Waals surface area contributed by atoms with Gasteiger partial charge in [-0.1, -0.05) is 0 Å². The number of nitrogens with one attached hydrogen (secondary N) is 2. The molecule has 34 heavy (non-hydrogen) atoms. The van der Waals surface area contributed by atoms with Crippen molar-refractivity contribution in [2.75, 3.05) is 37.9 Å². The molecule has 0 aromatic carbocycles. The van der Waals surface area contributed by atoms with Crippen LogP contribution in [-0.4, -0.2) is 61.3 Å². The van der Waals surface area contributed by atoms with Crippen molar-refractivity contribution in [3.8, 4) is 0 Å². The number of aromatic nitrogens is 2. The van der Waals surface area contributed by atoms with Crippen molar-refractivity contribution < 1.29 is 13.9 Å². The standard InChI is InChI=1S/C24H29FN6O2S/c1-12-4-6-14-21(26)22(34-24(14)28-12)23(32)29-13-5-7-17-15(8-13)16(25)9-20(30-17)31-10-18(27-2)19(11-31)33-3/h4,6,9,13,18-19,27H,5,7-8,10-11,26H2,1-3H3,(H,29,32). The van der Waals surface area contributed by atoms with Crippen molar-refractivity contribution in [2.45, 2.75) is 44.4 Å². The Balaban J connectivity index is 1.31. The molecule has 10 heteroatoms. The number of pyridine rings is 2. The number of carbonyl (C=O) groups excluding carboxylic acids is 1. The number of ether oxygens (including phenoxy) is 1. The molecule has 4 N–H and O–H groups in total. The molecule has 1 aliphatic carbocycles. The maximum absolute atomic E-state index is 15.2. The highest BCUT2D eigenvalue weighted by molar-refractivity contribution is 7.21. The molecule has 4 heterocycles. The molecule has 180 valence electrons. The molecule has 2 aliphatic rings. The molecular weight excluding hydrogens is 455 g/mol. The topological polar surface area (TPSA) is 105 Å². The highest BCUT2D eigenvalue weighted by Crippen LogP contribution is 2.33. The molecule has 0 saturated carbocycles. The van der Waals surface area contributed by atoms with Crippen LogP contribution in [-0.2, 0) is 17.6 Å². The Kier molecular flexibility index (Phi) is 6.13. The lowest BCUT2D eigenvalue weighted by Crippen LogP contribution is -2.39. The molecule has 0 radical (unpaired) electrons. The van der Waals surface area contributed by atoms with Crippen LogP contribution in [0.1, 0.15) is 33.0 Å². The SMILES string of the molecule is CNC1CN(c2cc(F)c3c(n2)CCC(NC(=O)c2sc4nc(C)ccc4c2N)C3)CC1OC. The third kappa shape index (κ3) is 4.10. The zero-order chi connectivity index (χ0) is 24.0. The third-order valence-corrected chi connectivity index (χ3v) is 7.97. The van der Waals surface area contributed by atoms with Crippen LogP contribution in [0, 0.1) is 12.7 Å². The van der Waals surface area contributed by atoms with E-state index in [-0.39, 0.29) is 29.9 Å². The molecule has 3 aromatic rings. The fourth-order valence-electron chi connectivity index (χ4n) is 4.93. The Labute approximate surface area is 201 Å². The van der Waals surface area contributed by atoms with E-state index in [1.165, 1.54) is 17.4 Å². The minimum atomic E-state index is -0.276. The summed E-state index contributed by atoms with van der Waals surface area (Å²) in [4.78, 5) is 25.5. The monoisotopic (exact) mass is 484 g/mol. The van der Waals surface area contributed by atoms with Gasteiger partial charge < -0.3 is 26.0 Å². The fraction of sp³-hybridized carbons (Fsp3) is 0.458. The van der Waals surface area contributed by atoms with Crippen LogP contribution in [0.15, 0.2) is 18.2 Å². The van der Waals surface area contributed by atoms with Gasteiger partial charge in [0.2, 0.25) is 0 Å². The van der Waals surface area contributed by atoms with E-state index in [9.17, 15) is 4.79 Å². The minimum Gasteiger partial charge on any atom is -0.397 e. The molecule has 8 nitrogen and oxygen atoms in total. The normalized spacial score (nSPS) is 22.2. The van der Waals surface area contributed by atoms with Gasteiger partial charge in [-0.15, -0.1) is 11.3 Å². The lowest BCUT2D eigenvalue weighted by molar-refractivity contribution is 0.0938. The molecule has 0 bridgehead atoms. The van der Waals surface area contributed by atoms with E-state index in [1.54, 1.807) is 7.11 Å². The van der Waals surface area contributed by atoms with E-state index in [0.29, 0.717) is 54.3 Å². The summed E-state index contributed by atoms with van der Waals surface area (Å²) in [6, 6.07) is 5.27. The van der Waals surface area contributed by atoms with Crippen LogP contribution < -0.4 is 21.3 Å². The number of fused-ring (bicyclic) bond motifs is 2. The Bertz CT molecular complexity index is 1240. The van der Waals surface area contributed by atoms with Gasteiger partial charge in [-0.2, -0.15) is 0 Å². The zero-order valence-corrected chi connectivity index (χ0v) is 20.3. The Morgan fingerprint density at radius 2 is 2.15 bits per heavy atom. The van der Waals surface area contributed by atoms with Crippen molar-refractivity contribution in [1.29, 1.82) is 0 Å². The Morgan fingerprint density at radius 1 is 1.32 bits per heavy atom. The van der Waals surface area contributed by atoms with E-state index in [2.05, 4.69) is 20.5 Å². The Morgan fingerprint density at radius 3 is 2.88 bits per heavy atom. The number of amides is 1. The average molecular weight is 485 g/mol. The lowest BCUT2D eigenvalue weighted by atomic mass is 9.91. The van der Waals surface area contributed by atoms with Gasteiger partial charge in [-0.25, -0.2) is 14.4 Å². The number of carbonyl (C=O) groups is 1. The van der Waals surface area contributed by atoms with Crippen LogP contribution >= 0.6 is 11.3 Å². The van der Waals surface area contributed by atoms with Crippen molar-refractivity contribution in [3.05, 3.63) is 45.8 Å². The Hall–Kier alpha value is -2.82. The quantitative estimate of drug-likeness (QED) is 0.511. The summed E-state index contributed by atoms with van der Waals surface area (Å²) in [5, 5.41) is 7.09. The number of methoxy groups -OCH3 is 1. The number of nitrogen functional groups attached to an aromatic ring is 1. The number of nitrogens with zero attached hydrogens (tertiary/aromatic N) is 3. The number of likely N-dealkylation sites (N-methyl/N-ethyl adjacent to an activating group) is 1. The summed E-state index contributed by atoms with van der Waals surface area (Å²) >= 11 is 1.29. The van der Waals surface area contributed by atoms with Gasteiger partial charge in [-0.05, 0) is 45.4 Å². The van der Waals surface area contributed by atoms with E-state index in [1.807, 2.05) is 26.1 Å².